The van der Waals surface area contributed by atoms with Crippen molar-refractivity contribution in [2.24, 2.45) is 0 Å². The van der Waals surface area contributed by atoms with E-state index in [2.05, 4.69) is 15.0 Å². The first-order chi connectivity index (χ1) is 24.1. The van der Waals surface area contributed by atoms with E-state index in [0.29, 0.717) is 17.1 Å². The summed E-state index contributed by atoms with van der Waals surface area (Å²) in [5, 5.41) is 33.0. The summed E-state index contributed by atoms with van der Waals surface area (Å²) in [6, 6.07) is 9.14. The van der Waals surface area contributed by atoms with E-state index in [4.69, 9.17) is 38.9 Å². The molecule has 4 aromatic rings. The van der Waals surface area contributed by atoms with Gasteiger partial charge in [0.05, 0.1) is 45.2 Å². The number of aliphatic hydroxyl groups is 3. The topological polar surface area (TPSA) is 229 Å². The molecule has 5 atom stereocenters. The van der Waals surface area contributed by atoms with Crippen molar-refractivity contribution >= 4 is 40.7 Å². The summed E-state index contributed by atoms with van der Waals surface area (Å²) in [7, 11) is 4.25. The minimum atomic E-state index is -1.50. The van der Waals surface area contributed by atoms with Gasteiger partial charge in [0.25, 0.3) is 0 Å². The maximum Gasteiger partial charge on any atom is 0.338 e. The van der Waals surface area contributed by atoms with E-state index in [-0.39, 0.29) is 58.2 Å². The zero-order valence-electron chi connectivity index (χ0n) is 27.5. The fraction of sp³-hybridized carbons (Fsp3) is 0.406. The van der Waals surface area contributed by atoms with E-state index >= 15 is 0 Å². The standard InChI is InChI=1S/C32H37N5O12S/c1-5-46-30(41)16-6-8-19(9-7-16)47-12-18(38)14-50-32-36-23-27(33)34-15-35-28(23)37(32)29-25(40)24(39)22(49-29)13-48-31(42)17-10-20(43-2)26(45-4)21(11-17)44-3/h6-11,15,18,22,24-25,29,38-40H,5,12-14H2,1-4H3,(H2,33,34,35)/t18-,22-,24-,25-,29-/m1/s1. The molecule has 3 heterocycles. The maximum absolute atomic E-state index is 13.0. The minimum Gasteiger partial charge on any atom is -0.493 e. The summed E-state index contributed by atoms with van der Waals surface area (Å²) in [5.74, 6) is 0.140. The molecule has 0 saturated carbocycles. The second-order valence-electron chi connectivity index (χ2n) is 10.8. The smallest absolute Gasteiger partial charge is 0.338 e. The van der Waals surface area contributed by atoms with E-state index in [1.54, 1.807) is 31.2 Å². The number of ether oxygens (including phenoxy) is 7. The lowest BCUT2D eigenvalue weighted by Gasteiger charge is -2.19. The number of nitrogens with two attached hydrogens (primary N) is 1. The summed E-state index contributed by atoms with van der Waals surface area (Å²) in [6.45, 7) is 1.46. The Morgan fingerprint density at radius 2 is 1.66 bits per heavy atom. The van der Waals surface area contributed by atoms with E-state index < -0.39 is 49.2 Å². The lowest BCUT2D eigenvalue weighted by Crippen LogP contribution is -2.34. The van der Waals surface area contributed by atoms with Gasteiger partial charge in [0, 0.05) is 5.75 Å². The number of carbonyl (C=O) groups is 2. The van der Waals surface area contributed by atoms with Crippen molar-refractivity contribution in [3.05, 3.63) is 53.9 Å². The molecule has 0 aliphatic carbocycles. The van der Waals surface area contributed by atoms with Crippen LogP contribution in [0.3, 0.4) is 0 Å². The van der Waals surface area contributed by atoms with Gasteiger partial charge in [-0.1, -0.05) is 11.8 Å². The highest BCUT2D eigenvalue weighted by Crippen LogP contribution is 2.39. The van der Waals surface area contributed by atoms with Gasteiger partial charge in [-0.3, -0.25) is 4.57 Å². The lowest BCUT2D eigenvalue weighted by molar-refractivity contribution is -0.0597. The number of aromatic nitrogens is 4. The van der Waals surface area contributed by atoms with E-state index in [1.165, 1.54) is 44.4 Å². The maximum atomic E-state index is 13.0. The summed E-state index contributed by atoms with van der Waals surface area (Å²) in [6.07, 6.45) is -5.12. The summed E-state index contributed by atoms with van der Waals surface area (Å²) < 4.78 is 39.4. The van der Waals surface area contributed by atoms with Crippen molar-refractivity contribution in [1.29, 1.82) is 0 Å². The Kier molecular flexibility index (Phi) is 11.8. The number of anilines is 1. The summed E-state index contributed by atoms with van der Waals surface area (Å²) in [5.41, 5.74) is 6.95. The summed E-state index contributed by atoms with van der Waals surface area (Å²) >= 11 is 1.10. The Morgan fingerprint density at radius 3 is 2.30 bits per heavy atom. The molecule has 1 aliphatic rings. The fourth-order valence-electron chi connectivity index (χ4n) is 5.07. The molecule has 268 valence electrons. The Morgan fingerprint density at radius 1 is 0.980 bits per heavy atom. The summed E-state index contributed by atoms with van der Waals surface area (Å²) in [4.78, 5) is 37.6. The van der Waals surface area contributed by atoms with Crippen LogP contribution in [0.25, 0.3) is 11.2 Å². The van der Waals surface area contributed by atoms with Crippen LogP contribution in [0.2, 0.25) is 0 Å². The van der Waals surface area contributed by atoms with Crippen molar-refractivity contribution < 1.29 is 58.1 Å². The predicted octanol–water partition coefficient (Wildman–Crippen LogP) is 1.62. The van der Waals surface area contributed by atoms with Gasteiger partial charge in [-0.05, 0) is 43.3 Å². The number of thioether (sulfide) groups is 1. The van der Waals surface area contributed by atoms with Gasteiger partial charge in [-0.25, -0.2) is 24.5 Å². The lowest BCUT2D eigenvalue weighted by atomic mass is 10.1. The first-order valence-corrected chi connectivity index (χ1v) is 16.3. The zero-order valence-corrected chi connectivity index (χ0v) is 28.4. The molecule has 0 amide bonds. The fourth-order valence-corrected chi connectivity index (χ4v) is 5.99. The third-order valence-electron chi connectivity index (χ3n) is 7.56. The van der Waals surface area contributed by atoms with Gasteiger partial charge >= 0.3 is 11.9 Å². The van der Waals surface area contributed by atoms with Gasteiger partial charge in [0.2, 0.25) is 5.75 Å². The number of aliphatic hydroxyl groups excluding tert-OH is 3. The molecule has 0 bridgehead atoms. The Bertz CT molecular complexity index is 1780. The molecule has 17 nitrogen and oxygen atoms in total. The first kappa shape index (κ1) is 36.4. The molecule has 5 N–H and O–H groups in total. The van der Waals surface area contributed by atoms with Gasteiger partial charge in [-0.15, -0.1) is 0 Å². The Hall–Kier alpha value is -4.88. The molecule has 2 aromatic carbocycles. The second kappa shape index (κ2) is 16.2. The molecular formula is C32H37N5O12S. The van der Waals surface area contributed by atoms with Crippen LogP contribution in [0, 0.1) is 0 Å². The van der Waals surface area contributed by atoms with Crippen molar-refractivity contribution in [3.63, 3.8) is 0 Å². The molecule has 1 fully saturated rings. The highest BCUT2D eigenvalue weighted by Gasteiger charge is 2.46. The average Bonchev–Trinajstić information content (AvgIpc) is 3.64. The van der Waals surface area contributed by atoms with Gasteiger partial charge in [0.15, 0.2) is 39.9 Å². The first-order valence-electron chi connectivity index (χ1n) is 15.3. The number of esters is 2. The van der Waals surface area contributed by atoms with Crippen LogP contribution < -0.4 is 24.7 Å². The van der Waals surface area contributed by atoms with E-state index in [9.17, 15) is 24.9 Å². The van der Waals surface area contributed by atoms with Crippen molar-refractivity contribution in [2.45, 2.75) is 42.7 Å². The van der Waals surface area contributed by atoms with E-state index in [0.717, 1.165) is 11.8 Å². The van der Waals surface area contributed by atoms with Crippen LogP contribution in [0.1, 0.15) is 33.9 Å². The molecule has 2 aromatic heterocycles. The molecule has 0 unspecified atom stereocenters. The predicted molar refractivity (Wildman–Crippen MR) is 177 cm³/mol. The van der Waals surface area contributed by atoms with Gasteiger partial charge < -0.3 is 54.2 Å². The average molecular weight is 716 g/mol. The molecule has 18 heteroatoms. The highest BCUT2D eigenvalue weighted by molar-refractivity contribution is 7.99. The molecule has 50 heavy (non-hydrogen) atoms. The quantitative estimate of drug-likeness (QED) is 0.101. The van der Waals surface area contributed by atoms with Gasteiger partial charge in [0.1, 0.15) is 43.6 Å². The number of nitrogens with zero attached hydrogens (tertiary/aromatic N) is 4. The second-order valence-corrected chi connectivity index (χ2v) is 11.8. The highest BCUT2D eigenvalue weighted by atomic mass is 32.2. The Balaban J connectivity index is 1.27. The molecule has 1 aliphatic heterocycles. The third kappa shape index (κ3) is 7.79. The van der Waals surface area contributed by atoms with Crippen molar-refractivity contribution in [1.82, 2.24) is 19.5 Å². The Labute approximate surface area is 290 Å². The molecule has 0 radical (unpaired) electrons. The number of nitrogen functional groups attached to an aromatic ring is 1. The molecular weight excluding hydrogens is 678 g/mol. The normalized spacial score (nSPS) is 19.2. The van der Waals surface area contributed by atoms with E-state index in [1.807, 2.05) is 0 Å². The van der Waals surface area contributed by atoms with Gasteiger partial charge in [-0.2, -0.15) is 0 Å². The van der Waals surface area contributed by atoms with Crippen molar-refractivity contribution in [2.75, 3.05) is 52.6 Å². The van der Waals surface area contributed by atoms with Crippen LogP contribution in [-0.4, -0.2) is 118 Å². The number of carbonyl (C=O) groups excluding carboxylic acids is 2. The molecule has 0 spiro atoms. The zero-order chi connectivity index (χ0) is 35.9. The molecule has 1 saturated heterocycles. The largest absolute Gasteiger partial charge is 0.493 e. The van der Waals surface area contributed by atoms with Crippen LogP contribution >= 0.6 is 11.8 Å². The monoisotopic (exact) mass is 715 g/mol. The van der Waals surface area contributed by atoms with Crippen LogP contribution in [-0.2, 0) is 14.2 Å². The number of hydrogen-bond acceptors (Lipinski definition) is 17. The number of rotatable bonds is 15. The van der Waals surface area contributed by atoms with Crippen LogP contribution in [0.5, 0.6) is 23.0 Å². The number of benzene rings is 2. The van der Waals surface area contributed by atoms with Crippen molar-refractivity contribution in [3.8, 4) is 23.0 Å². The van der Waals surface area contributed by atoms with Crippen LogP contribution in [0.4, 0.5) is 5.82 Å². The molecule has 5 rings (SSSR count). The number of methoxy groups -OCH3 is 3. The number of imidazole rings is 1. The number of hydrogen-bond donors (Lipinski definition) is 4. The minimum absolute atomic E-state index is 0.0645. The number of fused-ring (bicyclic) bond motifs is 1. The SMILES string of the molecule is CCOC(=O)c1ccc(OC[C@@H](O)CSc2nc3c(N)ncnc3n2[C@@H]2O[C@H](COC(=O)c3cc(OC)c(OC)c(OC)c3)[C@@H](O)[C@H]2O)cc1. The van der Waals surface area contributed by atoms with Crippen LogP contribution in [0.15, 0.2) is 47.9 Å². The third-order valence-corrected chi connectivity index (χ3v) is 8.65.